The van der Waals surface area contributed by atoms with Crippen LogP contribution in [-0.2, 0) is 0 Å². The van der Waals surface area contributed by atoms with E-state index in [9.17, 15) is 0 Å². The van der Waals surface area contributed by atoms with Crippen LogP contribution in [0.25, 0.3) is 0 Å². The Labute approximate surface area is 131 Å². The van der Waals surface area contributed by atoms with Crippen molar-refractivity contribution >= 4 is 39.0 Å². The molecule has 1 saturated carbocycles. The third-order valence-electron chi connectivity index (χ3n) is 3.35. The first-order valence-corrected chi connectivity index (χ1v) is 7.78. The van der Waals surface area contributed by atoms with Gasteiger partial charge < -0.3 is 5.32 Å². The number of anilines is 2. The van der Waals surface area contributed by atoms with Crippen LogP contribution in [0.3, 0.4) is 0 Å². The molecule has 0 saturated heterocycles. The lowest BCUT2D eigenvalue weighted by molar-refractivity contribution is 0.922. The number of nitrogens with zero attached hydrogens (tertiary/aromatic N) is 2. The van der Waals surface area contributed by atoms with Crippen molar-refractivity contribution in [3.8, 4) is 0 Å². The molecule has 20 heavy (non-hydrogen) atoms. The molecule has 1 fully saturated rings. The number of halogens is 2. The van der Waals surface area contributed by atoms with Crippen LogP contribution >= 0.6 is 27.5 Å². The van der Waals surface area contributed by atoms with Crippen LogP contribution in [0.2, 0.25) is 5.15 Å². The molecule has 0 amide bonds. The van der Waals surface area contributed by atoms with Crippen molar-refractivity contribution < 1.29 is 0 Å². The van der Waals surface area contributed by atoms with Crippen molar-refractivity contribution in [1.29, 1.82) is 0 Å². The predicted octanol–water partition coefficient (Wildman–Crippen LogP) is 5.13. The lowest BCUT2D eigenvalue weighted by atomic mass is 10.2. The summed E-state index contributed by atoms with van der Waals surface area (Å²) in [5.41, 5.74) is 3.06. The van der Waals surface area contributed by atoms with E-state index < -0.39 is 0 Å². The van der Waals surface area contributed by atoms with Gasteiger partial charge in [-0.15, -0.1) is 0 Å². The molecule has 0 atom stereocenters. The van der Waals surface area contributed by atoms with Crippen LogP contribution in [0.15, 0.2) is 22.7 Å². The number of nitrogens with one attached hydrogen (secondary N) is 1. The number of rotatable bonds is 3. The molecule has 0 bridgehead atoms. The molecule has 0 unspecified atom stereocenters. The first-order valence-electron chi connectivity index (χ1n) is 6.61. The van der Waals surface area contributed by atoms with Crippen LogP contribution in [0, 0.1) is 13.8 Å². The highest BCUT2D eigenvalue weighted by Crippen LogP contribution is 2.39. The van der Waals surface area contributed by atoms with Crippen molar-refractivity contribution in [2.24, 2.45) is 0 Å². The maximum atomic E-state index is 6.22. The number of hydrogen-bond donors (Lipinski definition) is 1. The highest BCUT2D eigenvalue weighted by molar-refractivity contribution is 9.10. The maximum Gasteiger partial charge on any atom is 0.138 e. The van der Waals surface area contributed by atoms with Gasteiger partial charge in [0, 0.05) is 21.6 Å². The summed E-state index contributed by atoms with van der Waals surface area (Å²) < 4.78 is 1.04. The Kier molecular flexibility index (Phi) is 3.69. The van der Waals surface area contributed by atoms with Gasteiger partial charge in [0.1, 0.15) is 16.8 Å². The van der Waals surface area contributed by atoms with Crippen LogP contribution in [0.5, 0.6) is 0 Å². The van der Waals surface area contributed by atoms with Gasteiger partial charge in [0.05, 0.1) is 0 Å². The Bertz CT molecular complexity index is 648. The van der Waals surface area contributed by atoms with E-state index in [0.29, 0.717) is 11.1 Å². The quantitative estimate of drug-likeness (QED) is 0.778. The van der Waals surface area contributed by atoms with Crippen LogP contribution in [0.1, 0.15) is 35.7 Å². The fraction of sp³-hybridized carbons (Fsp3) is 0.333. The van der Waals surface area contributed by atoms with Crippen LogP contribution in [-0.4, -0.2) is 9.97 Å². The molecule has 3 rings (SSSR count). The zero-order valence-electron chi connectivity index (χ0n) is 11.4. The van der Waals surface area contributed by atoms with Crippen LogP contribution in [0.4, 0.5) is 11.5 Å². The average molecular weight is 353 g/mol. The monoisotopic (exact) mass is 351 g/mol. The third-order valence-corrected chi connectivity index (χ3v) is 4.18. The summed E-state index contributed by atoms with van der Waals surface area (Å²) in [7, 11) is 0. The maximum absolute atomic E-state index is 6.22. The molecule has 0 radical (unpaired) electrons. The summed E-state index contributed by atoms with van der Waals surface area (Å²) in [5, 5.41) is 3.89. The smallest absolute Gasteiger partial charge is 0.138 e. The fourth-order valence-corrected chi connectivity index (χ4v) is 2.88. The van der Waals surface area contributed by atoms with Gasteiger partial charge in [-0.3, -0.25) is 0 Å². The summed E-state index contributed by atoms with van der Waals surface area (Å²) in [6.07, 6.45) is 2.32. The second-order valence-electron chi connectivity index (χ2n) is 5.26. The van der Waals surface area contributed by atoms with Gasteiger partial charge in [-0.1, -0.05) is 27.5 Å². The van der Waals surface area contributed by atoms with E-state index in [4.69, 9.17) is 11.6 Å². The minimum Gasteiger partial charge on any atom is -0.340 e. The molecule has 3 nitrogen and oxygen atoms in total. The van der Waals surface area contributed by atoms with Gasteiger partial charge in [0.25, 0.3) is 0 Å². The van der Waals surface area contributed by atoms with Gasteiger partial charge in [0.2, 0.25) is 0 Å². The van der Waals surface area contributed by atoms with Gasteiger partial charge in [-0.25, -0.2) is 9.97 Å². The molecule has 1 N–H and O–H groups in total. The lowest BCUT2D eigenvalue weighted by Gasteiger charge is -2.12. The summed E-state index contributed by atoms with van der Waals surface area (Å²) in [4.78, 5) is 9.00. The SMILES string of the molecule is Cc1cc(Br)cc(Nc2nc(C3CC3)nc(Cl)c2C)c1. The fourth-order valence-electron chi connectivity index (χ4n) is 2.10. The number of hydrogen-bond acceptors (Lipinski definition) is 3. The van der Waals surface area contributed by atoms with Crippen molar-refractivity contribution in [2.75, 3.05) is 5.32 Å². The minimum absolute atomic E-state index is 0.484. The first kappa shape index (κ1) is 13.8. The highest BCUT2D eigenvalue weighted by atomic mass is 79.9. The minimum atomic E-state index is 0.484. The largest absolute Gasteiger partial charge is 0.340 e. The summed E-state index contributed by atoms with van der Waals surface area (Å²) >= 11 is 9.73. The van der Waals surface area contributed by atoms with E-state index in [1.54, 1.807) is 0 Å². The zero-order valence-corrected chi connectivity index (χ0v) is 13.7. The van der Waals surface area contributed by atoms with Gasteiger partial charge in [-0.2, -0.15) is 0 Å². The molecule has 0 aliphatic heterocycles. The Morgan fingerprint density at radius 1 is 1.20 bits per heavy atom. The van der Waals surface area contributed by atoms with Crippen molar-refractivity contribution in [3.63, 3.8) is 0 Å². The van der Waals surface area contributed by atoms with Gasteiger partial charge in [0.15, 0.2) is 0 Å². The Morgan fingerprint density at radius 2 is 1.95 bits per heavy atom. The number of benzene rings is 1. The average Bonchev–Trinajstić information content (AvgIpc) is 3.17. The molecular formula is C15H15BrClN3. The summed E-state index contributed by atoms with van der Waals surface area (Å²) in [6.45, 7) is 4.00. The molecule has 1 aliphatic carbocycles. The van der Waals surface area contributed by atoms with E-state index in [1.165, 1.54) is 5.56 Å². The molecule has 5 heteroatoms. The number of aryl methyl sites for hydroxylation is 1. The zero-order chi connectivity index (χ0) is 14.3. The Morgan fingerprint density at radius 3 is 2.60 bits per heavy atom. The topological polar surface area (TPSA) is 37.8 Å². The van der Waals surface area contributed by atoms with Gasteiger partial charge >= 0.3 is 0 Å². The normalized spacial score (nSPS) is 14.4. The van der Waals surface area contributed by atoms with E-state index >= 15 is 0 Å². The van der Waals surface area contributed by atoms with E-state index in [-0.39, 0.29) is 0 Å². The lowest BCUT2D eigenvalue weighted by Crippen LogP contribution is -2.03. The van der Waals surface area contributed by atoms with E-state index in [0.717, 1.165) is 40.2 Å². The molecule has 1 heterocycles. The second kappa shape index (κ2) is 5.34. The van der Waals surface area contributed by atoms with Crippen molar-refractivity contribution in [2.45, 2.75) is 32.6 Å². The highest BCUT2D eigenvalue weighted by Gasteiger charge is 2.28. The van der Waals surface area contributed by atoms with E-state index in [2.05, 4.69) is 50.3 Å². The van der Waals surface area contributed by atoms with Crippen molar-refractivity contribution in [3.05, 3.63) is 44.8 Å². The Hall–Kier alpha value is -1.13. The first-order chi connectivity index (χ1) is 9.52. The Balaban J connectivity index is 1.96. The third kappa shape index (κ3) is 2.96. The molecule has 104 valence electrons. The van der Waals surface area contributed by atoms with E-state index in [1.807, 2.05) is 13.0 Å². The standard InChI is InChI=1S/C15H15BrClN3/c1-8-5-11(16)7-12(6-8)18-14-9(2)13(17)19-15(20-14)10-3-4-10/h5-7,10H,3-4H2,1-2H3,(H,18,19,20). The molecule has 1 aromatic heterocycles. The predicted molar refractivity (Wildman–Crippen MR) is 85.9 cm³/mol. The second-order valence-corrected chi connectivity index (χ2v) is 6.54. The molecular weight excluding hydrogens is 338 g/mol. The number of aromatic nitrogens is 2. The van der Waals surface area contributed by atoms with Crippen molar-refractivity contribution in [1.82, 2.24) is 9.97 Å². The molecule has 1 aromatic carbocycles. The summed E-state index contributed by atoms with van der Waals surface area (Å²) in [6, 6.07) is 6.18. The molecule has 2 aromatic rings. The molecule has 1 aliphatic rings. The van der Waals surface area contributed by atoms with Crippen LogP contribution < -0.4 is 5.32 Å². The molecule has 0 spiro atoms. The van der Waals surface area contributed by atoms with Gasteiger partial charge in [-0.05, 0) is 50.5 Å². The summed E-state index contributed by atoms with van der Waals surface area (Å²) in [5.74, 6) is 2.14.